The lowest BCUT2D eigenvalue weighted by Gasteiger charge is -2.24. The summed E-state index contributed by atoms with van der Waals surface area (Å²) in [5.41, 5.74) is 6.94. The van der Waals surface area contributed by atoms with Crippen LogP contribution < -0.4 is 4.90 Å². The van der Waals surface area contributed by atoms with Gasteiger partial charge < -0.3 is 14.1 Å². The number of allylic oxidation sites excluding steroid dienone is 1. The second-order valence-corrected chi connectivity index (χ2v) is 13.3. The minimum atomic E-state index is -2.65. The largest absolute Gasteiger partial charge is 0.677 e. The lowest BCUT2D eigenvalue weighted by molar-refractivity contribution is 0.158. The van der Waals surface area contributed by atoms with Crippen LogP contribution in [0.4, 0.5) is 14.3 Å². The number of rotatable bonds is 19. The first-order valence-corrected chi connectivity index (χ1v) is 18.1. The molecule has 0 bridgehead atoms. The molecular formula is C41H50BF2N5O. The number of benzene rings is 1. The maximum Gasteiger partial charge on any atom is 0.677 e. The van der Waals surface area contributed by atoms with Gasteiger partial charge in [0, 0.05) is 41.1 Å². The molecule has 1 unspecified atom stereocenters. The molecule has 0 N–H and O–H groups in total. The van der Waals surface area contributed by atoms with E-state index in [0.29, 0.717) is 48.5 Å². The highest BCUT2D eigenvalue weighted by atomic mass is 19.2. The van der Waals surface area contributed by atoms with Crippen LogP contribution in [0.2, 0.25) is 0 Å². The van der Waals surface area contributed by atoms with E-state index >= 15 is 0 Å². The quantitative estimate of drug-likeness (QED) is 0.0732. The normalized spacial score (nSPS) is 14.1. The molecule has 0 radical (unpaired) electrons. The van der Waals surface area contributed by atoms with Gasteiger partial charge in [-0.25, -0.2) is 4.99 Å². The molecule has 0 saturated carbocycles. The van der Waals surface area contributed by atoms with Gasteiger partial charge in [0.15, 0.2) is 0 Å². The Bertz CT molecular complexity index is 1690. The van der Waals surface area contributed by atoms with Gasteiger partial charge in [0.2, 0.25) is 0 Å². The predicted octanol–water partition coefficient (Wildman–Crippen LogP) is 10.4. The number of hydrogen-bond acceptors (Lipinski definition) is 5. The monoisotopic (exact) mass is 677 g/mol. The fraction of sp³-hybridized carbons (Fsp3) is 0.390. The van der Waals surface area contributed by atoms with E-state index in [4.69, 9.17) is 9.73 Å². The van der Waals surface area contributed by atoms with Crippen LogP contribution in [0.1, 0.15) is 99.1 Å². The van der Waals surface area contributed by atoms with Crippen molar-refractivity contribution < 1.29 is 13.4 Å². The summed E-state index contributed by atoms with van der Waals surface area (Å²) in [6.45, 7) is 9.86. The first kappa shape index (κ1) is 36.7. The van der Waals surface area contributed by atoms with E-state index in [1.54, 1.807) is 19.1 Å². The van der Waals surface area contributed by atoms with E-state index in [1.165, 1.54) is 25.7 Å². The summed E-state index contributed by atoms with van der Waals surface area (Å²) >= 11 is 0. The van der Waals surface area contributed by atoms with Crippen LogP contribution in [0, 0.1) is 19.8 Å². The van der Waals surface area contributed by atoms with E-state index < -0.39 is 7.40 Å². The van der Waals surface area contributed by atoms with Gasteiger partial charge in [-0.15, -0.1) is 0 Å². The summed E-state index contributed by atoms with van der Waals surface area (Å²) in [7, 11) is -2.65. The fourth-order valence-corrected chi connectivity index (χ4v) is 6.52. The van der Waals surface area contributed by atoms with Crippen LogP contribution >= 0.6 is 0 Å². The molecule has 1 aliphatic rings. The van der Waals surface area contributed by atoms with Crippen LogP contribution in [-0.4, -0.2) is 34.2 Å². The van der Waals surface area contributed by atoms with Gasteiger partial charge in [0.25, 0.3) is 0 Å². The van der Waals surface area contributed by atoms with Gasteiger partial charge in [0.05, 0.1) is 36.8 Å². The minimum absolute atomic E-state index is 0.440. The minimum Gasteiger partial charge on any atom is -0.491 e. The van der Waals surface area contributed by atoms with E-state index in [-0.39, 0.29) is 0 Å². The smallest absolute Gasteiger partial charge is 0.491 e. The van der Waals surface area contributed by atoms with Crippen molar-refractivity contribution in [1.82, 2.24) is 14.4 Å². The molecule has 1 aliphatic heterocycles. The van der Waals surface area contributed by atoms with Crippen LogP contribution in [0.25, 0.3) is 6.08 Å². The van der Waals surface area contributed by atoms with Crippen molar-refractivity contribution in [3.63, 3.8) is 0 Å². The first-order valence-electron chi connectivity index (χ1n) is 18.1. The zero-order valence-electron chi connectivity index (χ0n) is 30.0. The average molecular weight is 678 g/mol. The standard InChI is InChI=1S/C41H50BF2N5O/c1-5-7-9-10-16-33(15-8-6-2)30-50-41-27-38(47-39(41)26-40-31(3)25-32(4)49(40)42(43)44)34-19-21-37(22-20-34)48(28-35-17-11-13-23-45-35)29-36-18-12-14-24-46-36/h11-14,17-27,33H,5-10,15-16,28-30H2,1-4H3/b39-26-. The number of aliphatic imine (C=N–C) groups is 1. The van der Waals surface area contributed by atoms with Gasteiger partial charge in [-0.1, -0.05) is 76.6 Å². The Labute approximate surface area is 297 Å². The molecule has 4 aromatic rings. The van der Waals surface area contributed by atoms with Crippen LogP contribution in [-0.2, 0) is 17.8 Å². The number of ether oxygens (including phenoxy) is 1. The number of aromatic nitrogens is 3. The maximum absolute atomic E-state index is 14.2. The lowest BCUT2D eigenvalue weighted by Crippen LogP contribution is -2.23. The number of nitrogens with zero attached hydrogens (tertiary/aromatic N) is 5. The van der Waals surface area contributed by atoms with Gasteiger partial charge in [-0.2, -0.15) is 0 Å². The van der Waals surface area contributed by atoms with Crippen molar-refractivity contribution in [3.05, 3.63) is 131 Å². The van der Waals surface area contributed by atoms with Crippen molar-refractivity contribution in [3.8, 4) is 0 Å². The average Bonchev–Trinajstić information content (AvgIpc) is 3.66. The Morgan fingerprint density at radius 3 is 2.10 bits per heavy atom. The molecule has 6 nitrogen and oxygen atoms in total. The van der Waals surface area contributed by atoms with Crippen molar-refractivity contribution in [1.29, 1.82) is 0 Å². The fourth-order valence-electron chi connectivity index (χ4n) is 6.52. The Morgan fingerprint density at radius 2 is 1.50 bits per heavy atom. The molecular weight excluding hydrogens is 627 g/mol. The number of unbranched alkanes of at least 4 members (excludes halogenated alkanes) is 4. The number of anilines is 1. The third kappa shape index (κ3) is 10.0. The molecule has 0 aliphatic carbocycles. The van der Waals surface area contributed by atoms with Crippen LogP contribution in [0.15, 0.2) is 102 Å². The Morgan fingerprint density at radius 1 is 0.840 bits per heavy atom. The van der Waals surface area contributed by atoms with E-state index in [0.717, 1.165) is 64.1 Å². The lowest BCUT2D eigenvalue weighted by atomic mass is 9.96. The van der Waals surface area contributed by atoms with E-state index in [1.807, 2.05) is 61.8 Å². The van der Waals surface area contributed by atoms with Gasteiger partial charge in [-0.3, -0.25) is 18.6 Å². The zero-order valence-corrected chi connectivity index (χ0v) is 30.0. The van der Waals surface area contributed by atoms with Gasteiger partial charge in [0.1, 0.15) is 11.5 Å². The summed E-state index contributed by atoms with van der Waals surface area (Å²) in [6.07, 6.45) is 16.8. The molecule has 0 spiro atoms. The van der Waals surface area contributed by atoms with Gasteiger partial charge in [-0.05, 0) is 86.7 Å². The van der Waals surface area contributed by atoms with Crippen molar-refractivity contribution in [2.24, 2.45) is 10.9 Å². The zero-order chi connectivity index (χ0) is 35.3. The molecule has 50 heavy (non-hydrogen) atoms. The van der Waals surface area contributed by atoms with E-state index in [9.17, 15) is 8.63 Å². The Balaban J connectivity index is 1.43. The molecule has 0 amide bonds. The molecule has 3 aromatic heterocycles. The predicted molar refractivity (Wildman–Crippen MR) is 202 cm³/mol. The van der Waals surface area contributed by atoms with Crippen molar-refractivity contribution in [2.45, 2.75) is 92.2 Å². The van der Waals surface area contributed by atoms with E-state index in [2.05, 4.69) is 53.0 Å². The second kappa shape index (κ2) is 18.5. The summed E-state index contributed by atoms with van der Waals surface area (Å²) < 4.78 is 36.0. The van der Waals surface area contributed by atoms with Crippen LogP contribution in [0.5, 0.6) is 0 Å². The topological polar surface area (TPSA) is 55.5 Å². The van der Waals surface area contributed by atoms with Gasteiger partial charge >= 0.3 is 7.40 Å². The summed E-state index contributed by atoms with van der Waals surface area (Å²) in [6, 6.07) is 22.0. The van der Waals surface area contributed by atoms with Crippen molar-refractivity contribution in [2.75, 3.05) is 11.5 Å². The molecule has 5 rings (SSSR count). The third-order valence-electron chi connectivity index (χ3n) is 9.29. The Hall–Kier alpha value is -4.53. The summed E-state index contributed by atoms with van der Waals surface area (Å²) in [5.74, 6) is 1.07. The number of pyridine rings is 2. The summed E-state index contributed by atoms with van der Waals surface area (Å²) in [4.78, 5) is 16.4. The molecule has 0 saturated heterocycles. The number of hydrogen-bond donors (Lipinski definition) is 0. The highest BCUT2D eigenvalue weighted by Gasteiger charge is 2.26. The molecule has 4 heterocycles. The van der Waals surface area contributed by atoms with Crippen LogP contribution in [0.3, 0.4) is 0 Å². The second-order valence-electron chi connectivity index (χ2n) is 13.3. The molecule has 9 heteroatoms. The third-order valence-corrected chi connectivity index (χ3v) is 9.29. The molecule has 1 atom stereocenters. The molecule has 1 aromatic carbocycles. The SMILES string of the molecule is CCCCCCC(CCCC)COC1=CC(c2ccc(N(Cc3ccccn3)Cc3ccccn3)cc2)=N/C1=C\c1c(C)cc(C)n1B(F)F. The first-order chi connectivity index (χ1) is 24.4. The number of halogens is 2. The maximum atomic E-state index is 14.2. The highest BCUT2D eigenvalue weighted by molar-refractivity contribution is 6.41. The number of aryl methyl sites for hydroxylation is 2. The summed E-state index contributed by atoms with van der Waals surface area (Å²) in [5, 5.41) is 0. The molecule has 262 valence electrons. The van der Waals surface area contributed by atoms with Crippen molar-refractivity contribution >= 4 is 24.9 Å². The highest BCUT2D eigenvalue weighted by Crippen LogP contribution is 2.31. The molecule has 0 fully saturated rings. The Kier molecular flexibility index (Phi) is 13.6.